The van der Waals surface area contributed by atoms with E-state index in [-0.39, 0.29) is 17.9 Å². The van der Waals surface area contributed by atoms with Crippen molar-refractivity contribution in [3.05, 3.63) is 92.9 Å². The molecule has 0 unspecified atom stereocenters. The molecule has 5 rings (SSSR count). The van der Waals surface area contributed by atoms with Gasteiger partial charge in [-0.05, 0) is 37.1 Å². The molecule has 2 aromatic carbocycles. The molecule has 0 fully saturated rings. The molecular formula is C26H23Cl2F3N6O. The topological polar surface area (TPSA) is 76.8 Å². The normalized spacial score (nSPS) is 17.1. The van der Waals surface area contributed by atoms with Crippen molar-refractivity contribution in [1.82, 2.24) is 19.6 Å². The van der Waals surface area contributed by atoms with Crippen molar-refractivity contribution in [3.8, 4) is 0 Å². The Hall–Kier alpha value is -3.50. The van der Waals surface area contributed by atoms with Crippen molar-refractivity contribution in [2.24, 2.45) is 0 Å². The first-order valence-electron chi connectivity index (χ1n) is 11.8. The van der Waals surface area contributed by atoms with Crippen LogP contribution in [-0.2, 0) is 6.54 Å². The van der Waals surface area contributed by atoms with Crippen molar-refractivity contribution >= 4 is 40.6 Å². The number of rotatable bonds is 5. The van der Waals surface area contributed by atoms with Crippen molar-refractivity contribution < 1.29 is 18.0 Å². The molecular weight excluding hydrogens is 540 g/mol. The summed E-state index contributed by atoms with van der Waals surface area (Å²) in [6, 6.07) is 12.9. The van der Waals surface area contributed by atoms with E-state index in [9.17, 15) is 18.0 Å². The van der Waals surface area contributed by atoms with E-state index in [2.05, 4.69) is 20.8 Å². The Morgan fingerprint density at radius 1 is 1.11 bits per heavy atom. The van der Waals surface area contributed by atoms with Crippen LogP contribution in [0.25, 0.3) is 0 Å². The number of halogens is 5. The van der Waals surface area contributed by atoms with Crippen LogP contribution < -0.4 is 10.6 Å². The Labute approximate surface area is 226 Å². The Morgan fingerprint density at radius 2 is 1.84 bits per heavy atom. The molecule has 12 heteroatoms. The lowest BCUT2D eigenvalue weighted by Gasteiger charge is -2.33. The van der Waals surface area contributed by atoms with Crippen LogP contribution in [-0.4, -0.2) is 31.6 Å². The fourth-order valence-electron chi connectivity index (χ4n) is 4.61. The first kappa shape index (κ1) is 26.1. The number of alkyl halides is 3. The van der Waals surface area contributed by atoms with Crippen molar-refractivity contribution in [1.29, 1.82) is 0 Å². The fourth-order valence-corrected chi connectivity index (χ4v) is 5.08. The summed E-state index contributed by atoms with van der Waals surface area (Å²) in [6.45, 7) is 3.85. The highest BCUT2D eigenvalue weighted by Crippen LogP contribution is 2.43. The van der Waals surface area contributed by atoms with Gasteiger partial charge in [-0.2, -0.15) is 23.4 Å². The average molecular weight is 563 g/mol. The highest BCUT2D eigenvalue weighted by atomic mass is 35.5. The average Bonchev–Trinajstić information content (AvgIpc) is 3.41. The number of aryl methyl sites for hydroxylation is 1. The van der Waals surface area contributed by atoms with Gasteiger partial charge in [0.25, 0.3) is 5.91 Å². The standard InChI is InChI=1S/C26H23Cl2F3N6O/c1-14-24(15(2)36(34-14)13-17-8-9-18(27)10-19(17)28)33-25(38)21-12-23-32-20(16-6-4-3-5-7-16)11-22(26(29,30)31)37(23)35-21/h3-10,12,20,22,32H,11,13H2,1-2H3,(H,33,38)/t20-,22+/m0/s1. The lowest BCUT2D eigenvalue weighted by atomic mass is 9.97. The fraction of sp³-hybridized carbons (Fsp3) is 0.269. The van der Waals surface area contributed by atoms with Crippen LogP contribution in [0.15, 0.2) is 54.6 Å². The number of hydrogen-bond donors (Lipinski definition) is 2. The van der Waals surface area contributed by atoms with Gasteiger partial charge in [0.05, 0.1) is 29.7 Å². The minimum Gasteiger partial charge on any atom is -0.363 e. The third-order valence-corrected chi connectivity index (χ3v) is 7.17. The molecule has 38 heavy (non-hydrogen) atoms. The molecule has 7 nitrogen and oxygen atoms in total. The molecule has 1 amide bonds. The zero-order chi connectivity index (χ0) is 27.2. The van der Waals surface area contributed by atoms with Crippen LogP contribution in [0, 0.1) is 13.8 Å². The monoisotopic (exact) mass is 562 g/mol. The van der Waals surface area contributed by atoms with E-state index >= 15 is 0 Å². The number of fused-ring (bicyclic) bond motifs is 1. The van der Waals surface area contributed by atoms with Gasteiger partial charge in [0, 0.05) is 22.5 Å². The quantitative estimate of drug-likeness (QED) is 0.275. The lowest BCUT2D eigenvalue weighted by Crippen LogP contribution is -2.35. The van der Waals surface area contributed by atoms with Gasteiger partial charge in [-0.25, -0.2) is 4.68 Å². The summed E-state index contributed by atoms with van der Waals surface area (Å²) in [5.74, 6) is -0.514. The zero-order valence-corrected chi connectivity index (χ0v) is 21.9. The van der Waals surface area contributed by atoms with Gasteiger partial charge in [0.2, 0.25) is 0 Å². The lowest BCUT2D eigenvalue weighted by molar-refractivity contribution is -0.173. The van der Waals surface area contributed by atoms with Gasteiger partial charge in [0.15, 0.2) is 11.7 Å². The molecule has 198 valence electrons. The number of anilines is 2. The van der Waals surface area contributed by atoms with Gasteiger partial charge in [-0.3, -0.25) is 9.48 Å². The number of nitrogens with one attached hydrogen (secondary N) is 2. The summed E-state index contributed by atoms with van der Waals surface area (Å²) in [6.07, 6.45) is -4.79. The summed E-state index contributed by atoms with van der Waals surface area (Å²) < 4.78 is 44.5. The minimum atomic E-state index is -4.54. The second-order valence-electron chi connectivity index (χ2n) is 9.15. The smallest absolute Gasteiger partial charge is 0.363 e. The molecule has 2 atom stereocenters. The first-order valence-corrected chi connectivity index (χ1v) is 12.5. The molecule has 0 spiro atoms. The van der Waals surface area contributed by atoms with E-state index in [4.69, 9.17) is 23.2 Å². The Balaban J connectivity index is 1.40. The molecule has 3 heterocycles. The van der Waals surface area contributed by atoms with Gasteiger partial charge >= 0.3 is 6.18 Å². The van der Waals surface area contributed by atoms with Crippen LogP contribution in [0.3, 0.4) is 0 Å². The van der Waals surface area contributed by atoms with Crippen molar-refractivity contribution in [2.75, 3.05) is 10.6 Å². The molecule has 0 radical (unpaired) electrons. The number of carbonyl (C=O) groups excluding carboxylic acids is 1. The third-order valence-electron chi connectivity index (χ3n) is 6.58. The molecule has 0 bridgehead atoms. The Bertz CT molecular complexity index is 1500. The van der Waals surface area contributed by atoms with E-state index in [1.165, 1.54) is 6.07 Å². The zero-order valence-electron chi connectivity index (χ0n) is 20.4. The molecule has 1 aliphatic heterocycles. The third kappa shape index (κ3) is 5.10. The van der Waals surface area contributed by atoms with Crippen LogP contribution >= 0.6 is 23.2 Å². The van der Waals surface area contributed by atoms with Crippen LogP contribution in [0.5, 0.6) is 0 Å². The van der Waals surface area contributed by atoms with Gasteiger partial charge in [0.1, 0.15) is 5.82 Å². The van der Waals surface area contributed by atoms with Crippen LogP contribution in [0.2, 0.25) is 10.0 Å². The largest absolute Gasteiger partial charge is 0.410 e. The van der Waals surface area contributed by atoms with Crippen LogP contribution in [0.1, 0.15) is 51.5 Å². The van der Waals surface area contributed by atoms with Crippen LogP contribution in [0.4, 0.5) is 24.7 Å². The summed E-state index contributed by atoms with van der Waals surface area (Å²) in [5, 5.41) is 15.4. The number of carbonyl (C=O) groups is 1. The van der Waals surface area contributed by atoms with E-state index < -0.39 is 24.2 Å². The van der Waals surface area contributed by atoms with Crippen molar-refractivity contribution in [2.45, 2.75) is 45.1 Å². The molecule has 2 N–H and O–H groups in total. The van der Waals surface area contributed by atoms with E-state index in [1.54, 1.807) is 67.1 Å². The first-order chi connectivity index (χ1) is 18.0. The minimum absolute atomic E-state index is 0.124. The SMILES string of the molecule is Cc1nn(Cc2ccc(Cl)cc2Cl)c(C)c1NC(=O)c1cc2n(n1)[C@@H](C(F)(F)F)C[C@@H](c1ccccc1)N2. The summed E-state index contributed by atoms with van der Waals surface area (Å²) >= 11 is 12.3. The van der Waals surface area contributed by atoms with E-state index in [1.807, 2.05) is 0 Å². The highest BCUT2D eigenvalue weighted by molar-refractivity contribution is 6.35. The Kier molecular flexibility index (Phi) is 6.87. The summed E-state index contributed by atoms with van der Waals surface area (Å²) in [7, 11) is 0. The van der Waals surface area contributed by atoms with Gasteiger partial charge in [-0.15, -0.1) is 0 Å². The van der Waals surface area contributed by atoms with Gasteiger partial charge in [-0.1, -0.05) is 59.6 Å². The maximum Gasteiger partial charge on any atom is 0.410 e. The number of benzene rings is 2. The van der Waals surface area contributed by atoms with Gasteiger partial charge < -0.3 is 10.6 Å². The molecule has 0 saturated heterocycles. The second kappa shape index (κ2) is 9.99. The Morgan fingerprint density at radius 3 is 2.53 bits per heavy atom. The van der Waals surface area contributed by atoms with E-state index in [0.29, 0.717) is 33.7 Å². The number of aromatic nitrogens is 4. The van der Waals surface area contributed by atoms with E-state index in [0.717, 1.165) is 15.8 Å². The predicted octanol–water partition coefficient (Wildman–Crippen LogP) is 6.96. The number of amides is 1. The maximum absolute atomic E-state index is 14.0. The van der Waals surface area contributed by atoms with Crippen molar-refractivity contribution in [3.63, 3.8) is 0 Å². The molecule has 1 aliphatic rings. The molecule has 0 aliphatic carbocycles. The molecule has 2 aromatic heterocycles. The molecule has 4 aromatic rings. The number of hydrogen-bond acceptors (Lipinski definition) is 4. The maximum atomic E-state index is 14.0. The second-order valence-corrected chi connectivity index (χ2v) is 10.00. The summed E-state index contributed by atoms with van der Waals surface area (Å²) in [5.41, 5.74) is 3.02. The molecule has 0 saturated carbocycles. The number of nitrogens with zero attached hydrogens (tertiary/aromatic N) is 4. The highest BCUT2D eigenvalue weighted by Gasteiger charge is 2.46. The summed E-state index contributed by atoms with van der Waals surface area (Å²) in [4.78, 5) is 13.1. The predicted molar refractivity (Wildman–Crippen MR) is 140 cm³/mol.